The van der Waals surface area contributed by atoms with E-state index in [4.69, 9.17) is 4.74 Å². The highest BCUT2D eigenvalue weighted by atomic mass is 16.5. The molecular formula is C11H17N3O3. The van der Waals surface area contributed by atoms with E-state index in [1.54, 1.807) is 32.5 Å². The van der Waals surface area contributed by atoms with E-state index in [0.717, 1.165) is 5.69 Å². The molecule has 0 spiro atoms. The van der Waals surface area contributed by atoms with E-state index >= 15 is 0 Å². The summed E-state index contributed by atoms with van der Waals surface area (Å²) in [6, 6.07) is -0.665. The third kappa shape index (κ3) is 3.05. The zero-order chi connectivity index (χ0) is 13.0. The van der Waals surface area contributed by atoms with Gasteiger partial charge in [-0.1, -0.05) is 0 Å². The van der Waals surface area contributed by atoms with E-state index in [9.17, 15) is 9.59 Å². The van der Waals surface area contributed by atoms with Crippen LogP contribution in [0.4, 0.5) is 0 Å². The number of rotatable bonds is 4. The summed E-state index contributed by atoms with van der Waals surface area (Å²) in [5.74, 6) is -0.765. The van der Waals surface area contributed by atoms with Gasteiger partial charge in [-0.05, 0) is 20.8 Å². The molecule has 0 aliphatic rings. The third-order valence-electron chi connectivity index (χ3n) is 2.47. The molecule has 1 aromatic heterocycles. The number of aryl methyl sites for hydroxylation is 1. The fourth-order valence-electron chi connectivity index (χ4n) is 1.32. The molecule has 0 saturated heterocycles. The van der Waals surface area contributed by atoms with Gasteiger partial charge in [0.05, 0.1) is 18.4 Å². The largest absolute Gasteiger partial charge is 0.464 e. The first kappa shape index (κ1) is 13.2. The van der Waals surface area contributed by atoms with Gasteiger partial charge < -0.3 is 10.1 Å². The summed E-state index contributed by atoms with van der Waals surface area (Å²) in [6.07, 6.45) is 1.47. The van der Waals surface area contributed by atoms with Crippen molar-refractivity contribution in [1.82, 2.24) is 15.1 Å². The normalized spacial score (nSPS) is 12.0. The second-order valence-electron chi connectivity index (χ2n) is 3.71. The summed E-state index contributed by atoms with van der Waals surface area (Å²) in [7, 11) is 1.75. The van der Waals surface area contributed by atoms with Crippen LogP contribution in [0.2, 0.25) is 0 Å². The molecule has 1 heterocycles. The first-order valence-corrected chi connectivity index (χ1v) is 5.43. The van der Waals surface area contributed by atoms with Gasteiger partial charge in [-0.3, -0.25) is 9.48 Å². The van der Waals surface area contributed by atoms with Crippen molar-refractivity contribution in [3.8, 4) is 0 Å². The van der Waals surface area contributed by atoms with Gasteiger partial charge in [0.15, 0.2) is 0 Å². The van der Waals surface area contributed by atoms with E-state index in [1.807, 2.05) is 0 Å². The highest BCUT2D eigenvalue weighted by molar-refractivity contribution is 5.97. The molecule has 0 aliphatic heterocycles. The molecular weight excluding hydrogens is 222 g/mol. The lowest BCUT2D eigenvalue weighted by atomic mass is 10.2. The average Bonchev–Trinajstić information content (AvgIpc) is 2.60. The average molecular weight is 239 g/mol. The summed E-state index contributed by atoms with van der Waals surface area (Å²) in [5.41, 5.74) is 1.21. The van der Waals surface area contributed by atoms with Crippen LogP contribution in [-0.2, 0) is 16.6 Å². The Morgan fingerprint density at radius 3 is 2.71 bits per heavy atom. The van der Waals surface area contributed by atoms with Crippen LogP contribution in [0.15, 0.2) is 6.20 Å². The fraction of sp³-hybridized carbons (Fsp3) is 0.545. The Bertz CT molecular complexity index is 426. The molecule has 1 amide bonds. The molecule has 1 atom stereocenters. The first-order valence-electron chi connectivity index (χ1n) is 5.43. The van der Waals surface area contributed by atoms with E-state index in [0.29, 0.717) is 12.2 Å². The van der Waals surface area contributed by atoms with E-state index in [-0.39, 0.29) is 5.91 Å². The molecule has 1 N–H and O–H groups in total. The summed E-state index contributed by atoms with van der Waals surface area (Å²) in [6.45, 7) is 5.39. The molecule has 0 bridgehead atoms. The zero-order valence-electron chi connectivity index (χ0n) is 10.5. The maximum absolute atomic E-state index is 11.8. The van der Waals surface area contributed by atoms with Crippen LogP contribution in [0.1, 0.15) is 29.9 Å². The van der Waals surface area contributed by atoms with Gasteiger partial charge in [0.1, 0.15) is 6.04 Å². The maximum Gasteiger partial charge on any atom is 0.328 e. The summed E-state index contributed by atoms with van der Waals surface area (Å²) >= 11 is 0. The van der Waals surface area contributed by atoms with Gasteiger partial charge in [-0.2, -0.15) is 5.10 Å². The molecule has 17 heavy (non-hydrogen) atoms. The van der Waals surface area contributed by atoms with Crippen LogP contribution in [0, 0.1) is 6.92 Å². The molecule has 94 valence electrons. The van der Waals surface area contributed by atoms with Crippen LogP contribution < -0.4 is 5.32 Å². The zero-order valence-corrected chi connectivity index (χ0v) is 10.5. The maximum atomic E-state index is 11.8. The first-order chi connectivity index (χ1) is 7.97. The molecule has 0 fully saturated rings. The van der Waals surface area contributed by atoms with Crippen LogP contribution in [0.3, 0.4) is 0 Å². The minimum Gasteiger partial charge on any atom is -0.464 e. The fourth-order valence-corrected chi connectivity index (χ4v) is 1.32. The number of carbonyl (C=O) groups excluding carboxylic acids is 2. The predicted octanol–water partition coefficient (Wildman–Crippen LogP) is 0.410. The van der Waals surface area contributed by atoms with Crippen LogP contribution >= 0.6 is 0 Å². The Kier molecular flexibility index (Phi) is 4.25. The smallest absolute Gasteiger partial charge is 0.328 e. The molecule has 1 unspecified atom stereocenters. The Morgan fingerprint density at radius 2 is 2.24 bits per heavy atom. The van der Waals surface area contributed by atoms with Crippen molar-refractivity contribution in [2.45, 2.75) is 26.8 Å². The van der Waals surface area contributed by atoms with Crippen molar-refractivity contribution in [1.29, 1.82) is 0 Å². The minimum absolute atomic E-state index is 0.297. The van der Waals surface area contributed by atoms with Crippen LogP contribution in [0.5, 0.6) is 0 Å². The minimum atomic E-state index is -0.665. The van der Waals surface area contributed by atoms with Gasteiger partial charge in [0.2, 0.25) is 0 Å². The Hall–Kier alpha value is -1.85. The molecule has 0 radical (unpaired) electrons. The highest BCUT2D eigenvalue weighted by Gasteiger charge is 2.19. The number of nitrogens with zero attached hydrogens (tertiary/aromatic N) is 2. The van der Waals surface area contributed by atoms with Gasteiger partial charge in [0.25, 0.3) is 5.91 Å². The second kappa shape index (κ2) is 5.47. The van der Waals surface area contributed by atoms with Gasteiger partial charge in [-0.15, -0.1) is 0 Å². The SMILES string of the molecule is CCOC(=O)C(C)NC(=O)c1cnn(C)c1C. The van der Waals surface area contributed by atoms with Crippen molar-refractivity contribution >= 4 is 11.9 Å². The van der Waals surface area contributed by atoms with Crippen molar-refractivity contribution in [3.05, 3.63) is 17.5 Å². The van der Waals surface area contributed by atoms with Crippen LogP contribution in [-0.4, -0.2) is 34.3 Å². The Balaban J connectivity index is 2.67. The monoisotopic (exact) mass is 239 g/mol. The highest BCUT2D eigenvalue weighted by Crippen LogP contribution is 2.05. The number of aromatic nitrogens is 2. The lowest BCUT2D eigenvalue weighted by molar-refractivity contribution is -0.144. The van der Waals surface area contributed by atoms with Gasteiger partial charge in [-0.25, -0.2) is 4.79 Å². The molecule has 0 saturated carbocycles. The van der Waals surface area contributed by atoms with E-state index < -0.39 is 12.0 Å². The summed E-state index contributed by atoms with van der Waals surface area (Å²) in [5, 5.41) is 6.53. The number of esters is 1. The standard InChI is InChI=1S/C11H17N3O3/c1-5-17-11(16)7(2)13-10(15)9-6-12-14(4)8(9)3/h6-7H,5H2,1-4H3,(H,13,15). The summed E-state index contributed by atoms with van der Waals surface area (Å²) < 4.78 is 6.40. The van der Waals surface area contributed by atoms with Crippen molar-refractivity contribution in [2.24, 2.45) is 7.05 Å². The van der Waals surface area contributed by atoms with Gasteiger partial charge >= 0.3 is 5.97 Å². The lowest BCUT2D eigenvalue weighted by Gasteiger charge is -2.12. The van der Waals surface area contributed by atoms with Crippen LogP contribution in [0.25, 0.3) is 0 Å². The molecule has 0 aromatic carbocycles. The molecule has 1 rings (SSSR count). The van der Waals surface area contributed by atoms with E-state index in [2.05, 4.69) is 10.4 Å². The number of hydrogen-bond acceptors (Lipinski definition) is 4. The number of amides is 1. The van der Waals surface area contributed by atoms with Crippen molar-refractivity contribution in [2.75, 3.05) is 6.61 Å². The van der Waals surface area contributed by atoms with E-state index in [1.165, 1.54) is 6.20 Å². The number of nitrogens with one attached hydrogen (secondary N) is 1. The molecule has 0 aliphatic carbocycles. The predicted molar refractivity (Wildman–Crippen MR) is 61.5 cm³/mol. The molecule has 1 aromatic rings. The number of hydrogen-bond donors (Lipinski definition) is 1. The van der Waals surface area contributed by atoms with Crippen molar-refractivity contribution < 1.29 is 14.3 Å². The number of ether oxygens (including phenoxy) is 1. The summed E-state index contributed by atoms with van der Waals surface area (Å²) in [4.78, 5) is 23.2. The van der Waals surface area contributed by atoms with Crippen molar-refractivity contribution in [3.63, 3.8) is 0 Å². The second-order valence-corrected chi connectivity index (χ2v) is 3.71. The Labute approximate surface area is 99.9 Å². The lowest BCUT2D eigenvalue weighted by Crippen LogP contribution is -2.39. The Morgan fingerprint density at radius 1 is 1.59 bits per heavy atom. The quantitative estimate of drug-likeness (QED) is 0.772. The molecule has 6 heteroatoms. The third-order valence-corrected chi connectivity index (χ3v) is 2.47. The molecule has 6 nitrogen and oxygen atoms in total. The number of carbonyl (C=O) groups is 2. The topological polar surface area (TPSA) is 73.2 Å². The van der Waals surface area contributed by atoms with Gasteiger partial charge in [0, 0.05) is 12.7 Å².